The summed E-state index contributed by atoms with van der Waals surface area (Å²) in [6.07, 6.45) is 1.33. The number of carbonyl (C=O) groups is 1. The third-order valence-corrected chi connectivity index (χ3v) is 2.99. The first-order valence-corrected chi connectivity index (χ1v) is 5.54. The highest BCUT2D eigenvalue weighted by atomic mass is 127. The molecule has 0 aliphatic rings. The smallest absolute Gasteiger partial charge is 0.234 e. The Bertz CT molecular complexity index is 274. The van der Waals surface area contributed by atoms with Crippen LogP contribution < -0.4 is 3.53 Å². The van der Waals surface area contributed by atoms with E-state index in [-0.39, 0.29) is 5.91 Å². The van der Waals surface area contributed by atoms with Crippen LogP contribution in [0.15, 0.2) is 5.38 Å². The Morgan fingerprint density at radius 1 is 1.83 bits per heavy atom. The maximum absolute atomic E-state index is 10.9. The summed E-state index contributed by atoms with van der Waals surface area (Å²) in [6.45, 7) is 2.06. The predicted molar refractivity (Wildman–Crippen MR) is 57.4 cm³/mol. The molecule has 66 valence electrons. The number of aryl methyl sites for hydroxylation is 1. The van der Waals surface area contributed by atoms with Crippen LogP contribution in [0.1, 0.15) is 17.6 Å². The Kier molecular flexibility index (Phi) is 3.93. The fraction of sp³-hybridized carbons (Fsp3) is 0.429. The highest BCUT2D eigenvalue weighted by Gasteiger charge is 2.04. The van der Waals surface area contributed by atoms with Crippen molar-refractivity contribution in [2.24, 2.45) is 0 Å². The minimum Gasteiger partial charge on any atom is -0.298 e. The molecule has 1 aromatic rings. The van der Waals surface area contributed by atoms with Crippen molar-refractivity contribution in [1.82, 2.24) is 8.51 Å². The SMILES string of the molecule is CCc1nc(CC(=O)NI)cs1. The van der Waals surface area contributed by atoms with Crippen molar-refractivity contribution in [3.8, 4) is 0 Å². The van der Waals surface area contributed by atoms with Gasteiger partial charge < -0.3 is 0 Å². The number of thiazole rings is 1. The van der Waals surface area contributed by atoms with Gasteiger partial charge in [-0.2, -0.15) is 0 Å². The zero-order valence-electron chi connectivity index (χ0n) is 6.63. The van der Waals surface area contributed by atoms with E-state index in [1.807, 2.05) is 28.2 Å². The van der Waals surface area contributed by atoms with Gasteiger partial charge in [-0.15, -0.1) is 11.3 Å². The normalized spacial score (nSPS) is 9.83. The lowest BCUT2D eigenvalue weighted by Crippen LogP contribution is -2.14. The molecule has 0 saturated heterocycles. The van der Waals surface area contributed by atoms with Gasteiger partial charge in [-0.05, 0) is 6.42 Å². The molecule has 0 radical (unpaired) electrons. The Hall–Kier alpha value is -0.170. The van der Waals surface area contributed by atoms with Crippen LogP contribution in [0.25, 0.3) is 0 Å². The van der Waals surface area contributed by atoms with Gasteiger partial charge in [0.05, 0.1) is 40.0 Å². The summed E-state index contributed by atoms with van der Waals surface area (Å²) in [7, 11) is 0. The molecule has 0 fully saturated rings. The van der Waals surface area contributed by atoms with Gasteiger partial charge in [0, 0.05) is 5.38 Å². The second-order valence-electron chi connectivity index (χ2n) is 2.28. The van der Waals surface area contributed by atoms with Gasteiger partial charge >= 0.3 is 0 Å². The zero-order chi connectivity index (χ0) is 8.97. The maximum atomic E-state index is 10.9. The number of nitrogens with one attached hydrogen (secondary N) is 1. The van der Waals surface area contributed by atoms with Crippen LogP contribution in [0.5, 0.6) is 0 Å². The molecule has 0 atom stereocenters. The largest absolute Gasteiger partial charge is 0.298 e. The first-order valence-electron chi connectivity index (χ1n) is 3.59. The summed E-state index contributed by atoms with van der Waals surface area (Å²) in [4.78, 5) is 15.2. The van der Waals surface area contributed by atoms with Crippen LogP contribution in [0.3, 0.4) is 0 Å². The minimum atomic E-state index is 0.00329. The number of hydrogen-bond donors (Lipinski definition) is 1. The molecular formula is C7H9IN2OS. The monoisotopic (exact) mass is 296 g/mol. The van der Waals surface area contributed by atoms with Crippen LogP contribution in [-0.2, 0) is 17.6 Å². The molecule has 0 bridgehead atoms. The molecule has 1 rings (SSSR count). The van der Waals surface area contributed by atoms with E-state index < -0.39 is 0 Å². The first-order chi connectivity index (χ1) is 5.76. The van der Waals surface area contributed by atoms with E-state index in [2.05, 4.69) is 15.4 Å². The molecule has 0 aliphatic carbocycles. The zero-order valence-corrected chi connectivity index (χ0v) is 9.61. The summed E-state index contributed by atoms with van der Waals surface area (Å²) in [5, 5.41) is 3.02. The third-order valence-electron chi connectivity index (χ3n) is 1.35. The molecule has 12 heavy (non-hydrogen) atoms. The van der Waals surface area contributed by atoms with Crippen molar-refractivity contribution in [1.29, 1.82) is 0 Å². The van der Waals surface area contributed by atoms with Gasteiger partial charge in [0.15, 0.2) is 0 Å². The van der Waals surface area contributed by atoms with Crippen molar-refractivity contribution < 1.29 is 4.79 Å². The molecular weight excluding hydrogens is 287 g/mol. The summed E-state index contributed by atoms with van der Waals surface area (Å²) >= 11 is 3.44. The third kappa shape index (κ3) is 2.71. The van der Waals surface area contributed by atoms with Crippen LogP contribution >= 0.6 is 34.2 Å². The molecule has 1 aromatic heterocycles. The van der Waals surface area contributed by atoms with Crippen LogP contribution in [0, 0.1) is 0 Å². The molecule has 1 N–H and O–H groups in total. The molecule has 1 heterocycles. The summed E-state index contributed by atoms with van der Waals surface area (Å²) in [5.41, 5.74) is 0.867. The Morgan fingerprint density at radius 2 is 2.58 bits per heavy atom. The van der Waals surface area contributed by atoms with Gasteiger partial charge in [-0.1, -0.05) is 6.92 Å². The maximum Gasteiger partial charge on any atom is 0.234 e. The minimum absolute atomic E-state index is 0.00329. The molecule has 0 saturated carbocycles. The quantitative estimate of drug-likeness (QED) is 0.681. The van der Waals surface area contributed by atoms with E-state index in [1.165, 1.54) is 0 Å². The van der Waals surface area contributed by atoms with Crippen LogP contribution in [-0.4, -0.2) is 10.9 Å². The molecule has 1 amide bonds. The summed E-state index contributed by atoms with van der Waals surface area (Å²) in [6, 6.07) is 0. The molecule has 0 aromatic carbocycles. The van der Waals surface area contributed by atoms with Crippen molar-refractivity contribution >= 4 is 40.1 Å². The topological polar surface area (TPSA) is 42.0 Å². The molecule has 5 heteroatoms. The number of hydrogen-bond acceptors (Lipinski definition) is 3. The van der Waals surface area contributed by atoms with Crippen molar-refractivity contribution in [3.05, 3.63) is 16.1 Å². The Labute approximate surface area is 89.1 Å². The molecule has 3 nitrogen and oxygen atoms in total. The van der Waals surface area contributed by atoms with E-state index in [0.29, 0.717) is 6.42 Å². The number of rotatable bonds is 3. The Balaban J connectivity index is 2.58. The lowest BCUT2D eigenvalue weighted by molar-refractivity contribution is -0.118. The standard InChI is InChI=1S/C7H9IN2OS/c1-2-7-9-5(4-12-7)3-6(11)10-8/h4H,2-3H2,1H3,(H,10,11). The van der Waals surface area contributed by atoms with E-state index in [1.54, 1.807) is 11.3 Å². The fourth-order valence-electron chi connectivity index (χ4n) is 0.790. The average molecular weight is 296 g/mol. The number of amides is 1. The number of halogens is 1. The van der Waals surface area contributed by atoms with Gasteiger partial charge in [0.2, 0.25) is 5.91 Å². The van der Waals surface area contributed by atoms with Crippen LogP contribution in [0.2, 0.25) is 0 Å². The van der Waals surface area contributed by atoms with Crippen molar-refractivity contribution in [3.63, 3.8) is 0 Å². The van der Waals surface area contributed by atoms with Gasteiger partial charge in [0.25, 0.3) is 0 Å². The van der Waals surface area contributed by atoms with E-state index in [0.717, 1.165) is 17.1 Å². The highest BCUT2D eigenvalue weighted by Crippen LogP contribution is 2.10. The van der Waals surface area contributed by atoms with Crippen molar-refractivity contribution in [2.45, 2.75) is 19.8 Å². The van der Waals surface area contributed by atoms with E-state index >= 15 is 0 Å². The first kappa shape index (κ1) is 9.91. The predicted octanol–water partition coefficient (Wildman–Crippen LogP) is 1.71. The van der Waals surface area contributed by atoms with E-state index in [9.17, 15) is 4.79 Å². The number of carbonyl (C=O) groups excluding carboxylic acids is 1. The summed E-state index contributed by atoms with van der Waals surface area (Å²) in [5.74, 6) is 0.00329. The lowest BCUT2D eigenvalue weighted by atomic mass is 10.3. The Morgan fingerprint density at radius 3 is 3.08 bits per heavy atom. The fourth-order valence-corrected chi connectivity index (χ4v) is 1.73. The summed E-state index contributed by atoms with van der Waals surface area (Å²) < 4.78 is 2.54. The molecule has 0 aliphatic heterocycles. The van der Waals surface area contributed by atoms with Gasteiger partial charge in [-0.25, -0.2) is 4.98 Å². The molecule has 0 spiro atoms. The molecule has 0 unspecified atom stereocenters. The highest BCUT2D eigenvalue weighted by molar-refractivity contribution is 14.1. The average Bonchev–Trinajstić information content (AvgIpc) is 2.52. The second kappa shape index (κ2) is 4.76. The van der Waals surface area contributed by atoms with Gasteiger partial charge in [-0.3, -0.25) is 8.32 Å². The van der Waals surface area contributed by atoms with Crippen molar-refractivity contribution in [2.75, 3.05) is 0 Å². The number of aromatic nitrogens is 1. The van der Waals surface area contributed by atoms with Crippen LogP contribution in [0.4, 0.5) is 0 Å². The lowest BCUT2D eigenvalue weighted by Gasteiger charge is -1.92. The number of nitrogens with zero attached hydrogens (tertiary/aromatic N) is 1. The second-order valence-corrected chi connectivity index (χ2v) is 3.76. The van der Waals surface area contributed by atoms with Gasteiger partial charge in [0.1, 0.15) is 0 Å². The van der Waals surface area contributed by atoms with E-state index in [4.69, 9.17) is 0 Å².